The Balaban J connectivity index is 0.000000204. The highest BCUT2D eigenvalue weighted by Gasteiger charge is 2.03. The normalized spacial score (nSPS) is 9.77. The molecule has 0 amide bonds. The van der Waals surface area contributed by atoms with Crippen molar-refractivity contribution in [3.8, 4) is 0 Å². The number of para-hydroxylation sites is 2. The van der Waals surface area contributed by atoms with Crippen molar-refractivity contribution in [3.63, 3.8) is 0 Å². The van der Waals surface area contributed by atoms with Gasteiger partial charge in [-0.25, -0.2) is 0 Å². The van der Waals surface area contributed by atoms with Gasteiger partial charge in [0.2, 0.25) is 0 Å². The fourth-order valence-electron chi connectivity index (χ4n) is 2.92. The largest absolute Gasteiger partial charge is 0.398 e. The lowest BCUT2D eigenvalue weighted by molar-refractivity contribution is 0.101. The zero-order valence-electron chi connectivity index (χ0n) is 19.8. The molecular formula is C30H28N2O3. The summed E-state index contributed by atoms with van der Waals surface area (Å²) in [5.74, 6) is 0.0453. The summed E-state index contributed by atoms with van der Waals surface area (Å²) in [5.41, 5.74) is 9.76. The van der Waals surface area contributed by atoms with Crippen molar-refractivity contribution in [2.45, 2.75) is 13.8 Å². The van der Waals surface area contributed by atoms with Crippen LogP contribution in [0.25, 0.3) is 0 Å². The summed E-state index contributed by atoms with van der Waals surface area (Å²) >= 11 is 0. The zero-order valence-corrected chi connectivity index (χ0v) is 19.8. The third-order valence-electron chi connectivity index (χ3n) is 4.71. The van der Waals surface area contributed by atoms with Crippen LogP contribution in [0.4, 0.5) is 11.4 Å². The molecule has 4 aromatic rings. The highest BCUT2D eigenvalue weighted by Crippen LogP contribution is 2.19. The van der Waals surface area contributed by atoms with Crippen molar-refractivity contribution < 1.29 is 14.4 Å². The number of Topliss-reactive ketones (excluding diaryl/α,β-unsaturated/α-hetero) is 2. The Hall–Kier alpha value is -4.64. The molecule has 0 aliphatic heterocycles. The number of carbonyl (C=O) groups is 3. The summed E-state index contributed by atoms with van der Waals surface area (Å²) in [7, 11) is 0. The van der Waals surface area contributed by atoms with E-state index < -0.39 is 0 Å². The molecule has 0 radical (unpaired) electrons. The number of nitrogens with two attached hydrogens (primary N) is 1. The van der Waals surface area contributed by atoms with Crippen LogP contribution in [0, 0.1) is 0 Å². The molecule has 2 N–H and O–H groups in total. The molecule has 0 heterocycles. The van der Waals surface area contributed by atoms with Crippen LogP contribution in [0.15, 0.2) is 114 Å². The van der Waals surface area contributed by atoms with Gasteiger partial charge in [0.05, 0.1) is 5.69 Å². The molecule has 35 heavy (non-hydrogen) atoms. The van der Waals surface area contributed by atoms with E-state index >= 15 is 0 Å². The van der Waals surface area contributed by atoms with Crippen molar-refractivity contribution in [2.24, 2.45) is 4.99 Å². The van der Waals surface area contributed by atoms with Crippen LogP contribution < -0.4 is 5.73 Å². The Morgan fingerprint density at radius 3 is 1.54 bits per heavy atom. The molecule has 5 heteroatoms. The molecule has 0 atom stereocenters. The topological polar surface area (TPSA) is 89.6 Å². The Morgan fingerprint density at radius 2 is 1.09 bits per heavy atom. The number of rotatable bonds is 5. The van der Waals surface area contributed by atoms with Gasteiger partial charge in [0.1, 0.15) is 6.29 Å². The molecule has 4 aromatic carbocycles. The lowest BCUT2D eigenvalue weighted by Gasteiger charge is -2.00. The molecule has 0 bridgehead atoms. The second-order valence-corrected chi connectivity index (χ2v) is 7.41. The Kier molecular flexibility index (Phi) is 11.0. The average molecular weight is 465 g/mol. The van der Waals surface area contributed by atoms with Gasteiger partial charge in [0.15, 0.2) is 11.6 Å². The van der Waals surface area contributed by atoms with E-state index in [1.165, 1.54) is 6.92 Å². The number of benzene rings is 4. The molecular weight excluding hydrogens is 436 g/mol. The van der Waals surface area contributed by atoms with E-state index in [0.29, 0.717) is 22.5 Å². The molecule has 0 unspecified atom stereocenters. The molecule has 0 aliphatic carbocycles. The lowest BCUT2D eigenvalue weighted by atomic mass is 10.1. The average Bonchev–Trinajstić information content (AvgIpc) is 2.89. The molecule has 0 fully saturated rings. The van der Waals surface area contributed by atoms with Gasteiger partial charge in [0.25, 0.3) is 0 Å². The van der Waals surface area contributed by atoms with E-state index in [1.54, 1.807) is 49.5 Å². The van der Waals surface area contributed by atoms with Crippen LogP contribution in [0.2, 0.25) is 0 Å². The number of nitrogen functional groups attached to an aromatic ring is 1. The third-order valence-corrected chi connectivity index (χ3v) is 4.71. The van der Waals surface area contributed by atoms with Crippen molar-refractivity contribution in [2.75, 3.05) is 5.73 Å². The third kappa shape index (κ3) is 9.40. The SMILES string of the molecule is CC(=O)c1ccccc1N.CC(=O)c1ccccc1N=Cc1ccccc1.O=Cc1ccccc1. The number of carbonyl (C=O) groups excluding carboxylic acids is 3. The fourth-order valence-corrected chi connectivity index (χ4v) is 2.92. The first-order chi connectivity index (χ1) is 16.9. The smallest absolute Gasteiger partial charge is 0.161 e. The summed E-state index contributed by atoms with van der Waals surface area (Å²) in [6, 6.07) is 33.3. The van der Waals surface area contributed by atoms with Gasteiger partial charge in [-0.3, -0.25) is 19.4 Å². The van der Waals surface area contributed by atoms with E-state index in [4.69, 9.17) is 5.73 Å². The van der Waals surface area contributed by atoms with E-state index in [1.807, 2.05) is 72.8 Å². The number of hydrogen-bond donors (Lipinski definition) is 1. The van der Waals surface area contributed by atoms with Crippen LogP contribution in [0.5, 0.6) is 0 Å². The number of hydrogen-bond acceptors (Lipinski definition) is 5. The predicted molar refractivity (Wildman–Crippen MR) is 143 cm³/mol. The van der Waals surface area contributed by atoms with E-state index in [9.17, 15) is 14.4 Å². The fraction of sp³-hybridized carbons (Fsp3) is 0.0667. The molecule has 0 aromatic heterocycles. The Labute approximate surface area is 206 Å². The lowest BCUT2D eigenvalue weighted by Crippen LogP contribution is -1.97. The monoisotopic (exact) mass is 464 g/mol. The summed E-state index contributed by atoms with van der Waals surface area (Å²) in [6.07, 6.45) is 2.60. The summed E-state index contributed by atoms with van der Waals surface area (Å²) < 4.78 is 0. The second-order valence-electron chi connectivity index (χ2n) is 7.41. The van der Waals surface area contributed by atoms with Crippen LogP contribution in [0.1, 0.15) is 50.5 Å². The highest BCUT2D eigenvalue weighted by molar-refractivity contribution is 6.00. The first-order valence-electron chi connectivity index (χ1n) is 11.0. The summed E-state index contributed by atoms with van der Waals surface area (Å²) in [6.45, 7) is 3.06. The van der Waals surface area contributed by atoms with Gasteiger partial charge in [-0.15, -0.1) is 0 Å². The van der Waals surface area contributed by atoms with Crippen molar-refractivity contribution in [1.82, 2.24) is 0 Å². The predicted octanol–water partition coefficient (Wildman–Crippen LogP) is 6.61. The van der Waals surface area contributed by atoms with Gasteiger partial charge >= 0.3 is 0 Å². The van der Waals surface area contributed by atoms with Crippen LogP contribution in [-0.4, -0.2) is 24.1 Å². The Morgan fingerprint density at radius 1 is 0.629 bits per heavy atom. The molecule has 176 valence electrons. The number of anilines is 1. The zero-order chi connectivity index (χ0) is 25.5. The molecule has 0 spiro atoms. The van der Waals surface area contributed by atoms with Gasteiger partial charge in [0, 0.05) is 28.6 Å². The minimum absolute atomic E-state index is 0.0121. The minimum atomic E-state index is 0.0121. The summed E-state index contributed by atoms with van der Waals surface area (Å²) in [4.78, 5) is 36.5. The van der Waals surface area contributed by atoms with Crippen molar-refractivity contribution in [1.29, 1.82) is 0 Å². The van der Waals surface area contributed by atoms with E-state index in [-0.39, 0.29) is 11.6 Å². The first-order valence-corrected chi connectivity index (χ1v) is 11.0. The molecule has 5 nitrogen and oxygen atoms in total. The molecule has 0 saturated heterocycles. The minimum Gasteiger partial charge on any atom is -0.398 e. The maximum absolute atomic E-state index is 11.4. The second kappa shape index (κ2) is 14.5. The molecule has 0 aliphatic rings. The van der Waals surface area contributed by atoms with Crippen molar-refractivity contribution in [3.05, 3.63) is 131 Å². The van der Waals surface area contributed by atoms with Gasteiger partial charge < -0.3 is 5.73 Å². The maximum Gasteiger partial charge on any atom is 0.161 e. The highest BCUT2D eigenvalue weighted by atomic mass is 16.1. The maximum atomic E-state index is 11.4. The molecule has 0 saturated carbocycles. The van der Waals surface area contributed by atoms with Gasteiger partial charge in [-0.2, -0.15) is 0 Å². The van der Waals surface area contributed by atoms with Gasteiger partial charge in [-0.05, 0) is 43.7 Å². The van der Waals surface area contributed by atoms with E-state index in [0.717, 1.165) is 17.4 Å². The summed E-state index contributed by atoms with van der Waals surface area (Å²) in [5, 5.41) is 0. The Bertz CT molecular complexity index is 1270. The van der Waals surface area contributed by atoms with Crippen molar-refractivity contribution >= 4 is 35.4 Å². The molecule has 4 rings (SSSR count). The number of aldehydes is 1. The number of aliphatic imine (C=N–C) groups is 1. The van der Waals surface area contributed by atoms with Crippen LogP contribution in [0.3, 0.4) is 0 Å². The first kappa shape index (κ1) is 26.6. The number of nitrogens with zero attached hydrogens (tertiary/aromatic N) is 1. The standard InChI is InChI=1S/C15H13NO.C8H9NO.C7H6O/c1-12(17)14-9-5-6-10-15(14)16-11-13-7-3-2-4-8-13;1-6(10)7-4-2-3-5-8(7)9;8-6-7-4-2-1-3-5-7/h2-11H,1H3;2-5H,9H2,1H3;1-6H. The van der Waals surface area contributed by atoms with E-state index in [2.05, 4.69) is 4.99 Å². The van der Waals surface area contributed by atoms with Crippen LogP contribution >= 0.6 is 0 Å². The van der Waals surface area contributed by atoms with Gasteiger partial charge in [-0.1, -0.05) is 84.9 Å². The van der Waals surface area contributed by atoms with Crippen LogP contribution in [-0.2, 0) is 0 Å². The number of ketones is 2. The quantitative estimate of drug-likeness (QED) is 0.156.